The van der Waals surface area contributed by atoms with E-state index in [9.17, 15) is 4.79 Å². The summed E-state index contributed by atoms with van der Waals surface area (Å²) < 4.78 is 5.80. The van der Waals surface area contributed by atoms with Crippen molar-refractivity contribution in [2.24, 2.45) is 0 Å². The first kappa shape index (κ1) is 16.4. The summed E-state index contributed by atoms with van der Waals surface area (Å²) in [5, 5.41) is 0. The van der Waals surface area contributed by atoms with Crippen LogP contribution in [-0.2, 0) is 11.2 Å². The van der Waals surface area contributed by atoms with Gasteiger partial charge in [0.15, 0.2) is 0 Å². The minimum absolute atomic E-state index is 0.0240. The smallest absolute Gasteiger partial charge is 0.316 e. The highest BCUT2D eigenvalue weighted by molar-refractivity contribution is 5.76. The summed E-state index contributed by atoms with van der Waals surface area (Å²) in [7, 11) is 0. The van der Waals surface area contributed by atoms with Crippen LogP contribution in [0.3, 0.4) is 0 Å². The Morgan fingerprint density at radius 1 is 1.29 bits per heavy atom. The number of aromatic nitrogens is 2. The molecule has 0 radical (unpaired) electrons. The third kappa shape index (κ3) is 4.54. The number of aryl methyl sites for hydroxylation is 2. The van der Waals surface area contributed by atoms with Gasteiger partial charge in [-0.15, -0.1) is 0 Å². The number of amides is 1. The topological polar surface area (TPSA) is 55.3 Å². The van der Waals surface area contributed by atoms with Crippen LogP contribution in [0.1, 0.15) is 30.4 Å². The zero-order chi connectivity index (χ0) is 16.8. The van der Waals surface area contributed by atoms with Gasteiger partial charge in [-0.05, 0) is 37.8 Å². The van der Waals surface area contributed by atoms with E-state index < -0.39 is 0 Å². The maximum Gasteiger partial charge on any atom is 0.316 e. The molecule has 1 aliphatic heterocycles. The second kappa shape index (κ2) is 7.90. The molecule has 1 atom stereocenters. The molecule has 0 aliphatic carbocycles. The van der Waals surface area contributed by atoms with Crippen molar-refractivity contribution in [1.29, 1.82) is 0 Å². The zero-order valence-corrected chi connectivity index (χ0v) is 14.0. The fourth-order valence-electron chi connectivity index (χ4n) is 3.03. The van der Waals surface area contributed by atoms with Crippen molar-refractivity contribution in [2.75, 3.05) is 13.1 Å². The average Bonchev–Trinajstić information content (AvgIpc) is 2.61. The minimum Gasteiger partial charge on any atom is -0.458 e. The average molecular weight is 325 g/mol. The van der Waals surface area contributed by atoms with Crippen LogP contribution in [0, 0.1) is 6.92 Å². The van der Waals surface area contributed by atoms with Crippen molar-refractivity contribution in [3.63, 3.8) is 0 Å². The minimum atomic E-state index is -0.0240. The SMILES string of the molecule is Cc1cccc(CCC(=O)N2CCCC(Oc3ncccn3)C2)c1. The molecule has 0 spiro atoms. The first-order chi connectivity index (χ1) is 11.7. The zero-order valence-electron chi connectivity index (χ0n) is 14.0. The summed E-state index contributed by atoms with van der Waals surface area (Å²) in [4.78, 5) is 22.6. The Morgan fingerprint density at radius 2 is 2.12 bits per heavy atom. The van der Waals surface area contributed by atoms with E-state index in [-0.39, 0.29) is 12.0 Å². The van der Waals surface area contributed by atoms with Gasteiger partial charge in [0.1, 0.15) is 6.10 Å². The Morgan fingerprint density at radius 3 is 2.92 bits per heavy atom. The largest absolute Gasteiger partial charge is 0.458 e. The van der Waals surface area contributed by atoms with Crippen molar-refractivity contribution in [1.82, 2.24) is 14.9 Å². The molecule has 0 N–H and O–H groups in total. The lowest BCUT2D eigenvalue weighted by molar-refractivity contribution is -0.133. The molecule has 126 valence electrons. The summed E-state index contributed by atoms with van der Waals surface area (Å²) >= 11 is 0. The molecule has 24 heavy (non-hydrogen) atoms. The van der Waals surface area contributed by atoms with Gasteiger partial charge in [-0.1, -0.05) is 29.8 Å². The molecule has 2 aromatic rings. The number of rotatable bonds is 5. The number of carbonyl (C=O) groups excluding carboxylic acids is 1. The quantitative estimate of drug-likeness (QED) is 0.848. The van der Waals surface area contributed by atoms with Gasteiger partial charge in [0.25, 0.3) is 0 Å². The molecule has 5 heteroatoms. The van der Waals surface area contributed by atoms with Crippen LogP contribution < -0.4 is 4.74 Å². The molecule has 0 bridgehead atoms. The molecule has 5 nitrogen and oxygen atoms in total. The third-order valence-corrected chi connectivity index (χ3v) is 4.26. The number of ether oxygens (including phenoxy) is 1. The van der Waals surface area contributed by atoms with E-state index in [1.54, 1.807) is 18.5 Å². The molecule has 1 unspecified atom stereocenters. The van der Waals surface area contributed by atoms with Crippen molar-refractivity contribution < 1.29 is 9.53 Å². The van der Waals surface area contributed by atoms with E-state index in [0.717, 1.165) is 25.8 Å². The van der Waals surface area contributed by atoms with E-state index in [2.05, 4.69) is 35.1 Å². The van der Waals surface area contributed by atoms with Gasteiger partial charge in [0.05, 0.1) is 6.54 Å². The summed E-state index contributed by atoms with van der Waals surface area (Å²) in [6.07, 6.45) is 6.51. The van der Waals surface area contributed by atoms with E-state index in [0.29, 0.717) is 19.0 Å². The standard InChI is InChI=1S/C19H23N3O2/c1-15-5-2-6-16(13-15)8-9-18(23)22-12-3-7-17(14-22)24-19-20-10-4-11-21-19/h2,4-6,10-11,13,17H,3,7-9,12,14H2,1H3. The lowest BCUT2D eigenvalue weighted by Crippen LogP contribution is -2.44. The molecule has 1 amide bonds. The summed E-state index contributed by atoms with van der Waals surface area (Å²) in [6, 6.07) is 10.5. The molecule has 1 aromatic heterocycles. The number of piperidine rings is 1. The van der Waals surface area contributed by atoms with Crippen LogP contribution in [0.4, 0.5) is 0 Å². The second-order valence-electron chi connectivity index (χ2n) is 6.24. The Labute approximate surface area is 142 Å². The van der Waals surface area contributed by atoms with Gasteiger partial charge in [-0.25, -0.2) is 9.97 Å². The van der Waals surface area contributed by atoms with Crippen LogP contribution in [0.2, 0.25) is 0 Å². The number of hydrogen-bond donors (Lipinski definition) is 0. The lowest BCUT2D eigenvalue weighted by Gasteiger charge is -2.32. The summed E-state index contributed by atoms with van der Waals surface area (Å²) in [5.41, 5.74) is 2.44. The second-order valence-corrected chi connectivity index (χ2v) is 6.24. The van der Waals surface area contributed by atoms with Crippen molar-refractivity contribution in [2.45, 2.75) is 38.7 Å². The monoisotopic (exact) mass is 325 g/mol. The first-order valence-corrected chi connectivity index (χ1v) is 8.48. The summed E-state index contributed by atoms with van der Waals surface area (Å²) in [5.74, 6) is 0.193. The van der Waals surface area contributed by atoms with E-state index >= 15 is 0 Å². The number of carbonyl (C=O) groups is 1. The summed E-state index contributed by atoms with van der Waals surface area (Å²) in [6.45, 7) is 3.50. The maximum absolute atomic E-state index is 12.5. The van der Waals surface area contributed by atoms with Gasteiger partial charge >= 0.3 is 6.01 Å². The van der Waals surface area contributed by atoms with Crippen LogP contribution in [-0.4, -0.2) is 40.0 Å². The Balaban J connectivity index is 1.51. The first-order valence-electron chi connectivity index (χ1n) is 8.48. The van der Waals surface area contributed by atoms with Crippen molar-refractivity contribution >= 4 is 5.91 Å². The molecular weight excluding hydrogens is 302 g/mol. The van der Waals surface area contributed by atoms with Crippen LogP contribution >= 0.6 is 0 Å². The lowest BCUT2D eigenvalue weighted by atomic mass is 10.0. The highest BCUT2D eigenvalue weighted by atomic mass is 16.5. The number of nitrogens with zero attached hydrogens (tertiary/aromatic N) is 3. The van der Waals surface area contributed by atoms with Gasteiger partial charge in [-0.2, -0.15) is 0 Å². The predicted molar refractivity (Wildman–Crippen MR) is 91.8 cm³/mol. The van der Waals surface area contributed by atoms with Gasteiger partial charge in [0, 0.05) is 25.4 Å². The highest BCUT2D eigenvalue weighted by Crippen LogP contribution is 2.16. The Bertz CT molecular complexity index is 675. The van der Waals surface area contributed by atoms with E-state index in [1.807, 2.05) is 11.0 Å². The fraction of sp³-hybridized carbons (Fsp3) is 0.421. The molecule has 1 saturated heterocycles. The van der Waals surface area contributed by atoms with E-state index in [4.69, 9.17) is 4.74 Å². The Kier molecular flexibility index (Phi) is 5.41. The predicted octanol–water partition coefficient (Wildman–Crippen LogP) is 2.79. The van der Waals surface area contributed by atoms with Crippen LogP contribution in [0.25, 0.3) is 0 Å². The van der Waals surface area contributed by atoms with Crippen molar-refractivity contribution in [3.8, 4) is 6.01 Å². The van der Waals surface area contributed by atoms with Gasteiger partial charge < -0.3 is 9.64 Å². The number of hydrogen-bond acceptors (Lipinski definition) is 4. The number of benzene rings is 1. The van der Waals surface area contributed by atoms with Gasteiger partial charge in [0.2, 0.25) is 5.91 Å². The Hall–Kier alpha value is -2.43. The van der Waals surface area contributed by atoms with Crippen molar-refractivity contribution in [3.05, 3.63) is 53.9 Å². The molecular formula is C19H23N3O2. The maximum atomic E-state index is 12.5. The normalized spacial score (nSPS) is 17.5. The van der Waals surface area contributed by atoms with Crippen LogP contribution in [0.5, 0.6) is 6.01 Å². The molecule has 0 saturated carbocycles. The molecule has 1 aliphatic rings. The molecule has 3 rings (SSSR count). The molecule has 2 heterocycles. The molecule has 1 fully saturated rings. The highest BCUT2D eigenvalue weighted by Gasteiger charge is 2.25. The molecule has 1 aromatic carbocycles. The third-order valence-electron chi connectivity index (χ3n) is 4.26. The van der Waals surface area contributed by atoms with E-state index in [1.165, 1.54) is 11.1 Å². The number of likely N-dealkylation sites (tertiary alicyclic amines) is 1. The van der Waals surface area contributed by atoms with Gasteiger partial charge in [-0.3, -0.25) is 4.79 Å². The fourth-order valence-corrected chi connectivity index (χ4v) is 3.03. The van der Waals surface area contributed by atoms with Crippen LogP contribution in [0.15, 0.2) is 42.7 Å².